The summed E-state index contributed by atoms with van der Waals surface area (Å²) in [6.45, 7) is 1.84. The normalized spacial score (nSPS) is 13.3. The molecule has 0 bridgehead atoms. The number of nitrogens with zero attached hydrogens (tertiary/aromatic N) is 1. The molecule has 0 radical (unpaired) electrons. The highest BCUT2D eigenvalue weighted by Crippen LogP contribution is 2.33. The average molecular weight is 349 g/mol. The minimum absolute atomic E-state index is 0.0345. The first-order valence-corrected chi connectivity index (χ1v) is 8.35. The molecular formula is C12H14Cl2N4O2S. The van der Waals surface area contributed by atoms with Crippen molar-refractivity contribution in [2.24, 2.45) is 0 Å². The van der Waals surface area contributed by atoms with Crippen LogP contribution in [0.1, 0.15) is 25.2 Å². The molecule has 0 saturated heterocycles. The first-order valence-electron chi connectivity index (χ1n) is 6.12. The lowest BCUT2D eigenvalue weighted by atomic mass is 10.2. The van der Waals surface area contributed by atoms with Crippen LogP contribution in [-0.2, 0) is 10.0 Å². The van der Waals surface area contributed by atoms with Gasteiger partial charge in [-0.2, -0.15) is 0 Å². The van der Waals surface area contributed by atoms with Gasteiger partial charge in [0, 0.05) is 12.4 Å². The molecule has 2 rings (SSSR count). The fourth-order valence-electron chi connectivity index (χ4n) is 1.81. The highest BCUT2D eigenvalue weighted by molar-refractivity contribution is 7.89. The highest BCUT2D eigenvalue weighted by atomic mass is 35.5. The van der Waals surface area contributed by atoms with E-state index in [-0.39, 0.29) is 20.6 Å². The Hall–Kier alpha value is -1.28. The number of hydrogen-bond donors (Lipinski definition) is 3. The number of nitrogen functional groups attached to an aromatic ring is 1. The number of sulfonamides is 1. The Morgan fingerprint density at radius 3 is 2.71 bits per heavy atom. The third-order valence-corrected chi connectivity index (χ3v) is 5.30. The molecule has 114 valence electrons. The maximum Gasteiger partial charge on any atom is 0.242 e. The summed E-state index contributed by atoms with van der Waals surface area (Å²) >= 11 is 11.8. The Morgan fingerprint density at radius 2 is 2.14 bits per heavy atom. The number of aromatic amines is 1. The fraction of sp³-hybridized carbons (Fsp3) is 0.250. The van der Waals surface area contributed by atoms with Crippen molar-refractivity contribution in [3.63, 3.8) is 0 Å². The van der Waals surface area contributed by atoms with E-state index in [0.717, 1.165) is 0 Å². The van der Waals surface area contributed by atoms with Gasteiger partial charge in [-0.05, 0) is 18.6 Å². The van der Waals surface area contributed by atoms with Gasteiger partial charge < -0.3 is 10.7 Å². The predicted molar refractivity (Wildman–Crippen MR) is 82.8 cm³/mol. The zero-order valence-corrected chi connectivity index (χ0v) is 13.4. The Morgan fingerprint density at radius 1 is 1.43 bits per heavy atom. The molecule has 2 aromatic rings. The van der Waals surface area contributed by atoms with Crippen molar-refractivity contribution in [3.8, 4) is 0 Å². The Labute approximate surface area is 132 Å². The number of nitrogens with one attached hydrogen (secondary N) is 2. The molecule has 1 heterocycles. The second-order valence-corrected chi connectivity index (χ2v) is 6.80. The molecule has 4 N–H and O–H groups in total. The molecule has 0 fully saturated rings. The lowest BCUT2D eigenvalue weighted by molar-refractivity contribution is 0.539. The predicted octanol–water partition coefficient (Wildman–Crippen LogP) is 2.73. The number of aromatic nitrogens is 2. The number of halogens is 2. The van der Waals surface area contributed by atoms with Gasteiger partial charge in [0.25, 0.3) is 0 Å². The number of nitrogens with two attached hydrogens (primary N) is 1. The number of rotatable bonds is 5. The number of hydrogen-bond acceptors (Lipinski definition) is 4. The third kappa shape index (κ3) is 3.32. The van der Waals surface area contributed by atoms with Crippen LogP contribution in [0.3, 0.4) is 0 Å². The summed E-state index contributed by atoms with van der Waals surface area (Å²) in [7, 11) is -3.85. The van der Waals surface area contributed by atoms with E-state index in [1.54, 1.807) is 12.4 Å². The minimum atomic E-state index is -3.85. The van der Waals surface area contributed by atoms with Gasteiger partial charge in [-0.25, -0.2) is 18.1 Å². The van der Waals surface area contributed by atoms with E-state index >= 15 is 0 Å². The molecule has 1 atom stereocenters. The minimum Gasteiger partial charge on any atom is -0.396 e. The van der Waals surface area contributed by atoms with E-state index < -0.39 is 16.1 Å². The zero-order valence-electron chi connectivity index (χ0n) is 11.1. The molecule has 0 amide bonds. The van der Waals surface area contributed by atoms with Crippen LogP contribution in [0, 0.1) is 0 Å². The maximum atomic E-state index is 12.4. The van der Waals surface area contributed by atoms with Crippen LogP contribution in [0.4, 0.5) is 5.69 Å². The van der Waals surface area contributed by atoms with Gasteiger partial charge in [-0.15, -0.1) is 0 Å². The zero-order chi connectivity index (χ0) is 15.6. The molecule has 0 aliphatic carbocycles. The number of anilines is 1. The quantitative estimate of drug-likeness (QED) is 0.723. The summed E-state index contributed by atoms with van der Waals surface area (Å²) in [6.07, 6.45) is 3.70. The van der Waals surface area contributed by atoms with Gasteiger partial charge in [-0.3, -0.25) is 0 Å². The molecule has 0 aliphatic heterocycles. The van der Waals surface area contributed by atoms with E-state index in [0.29, 0.717) is 12.2 Å². The summed E-state index contributed by atoms with van der Waals surface area (Å²) in [4.78, 5) is 6.82. The van der Waals surface area contributed by atoms with Crippen molar-refractivity contribution in [1.29, 1.82) is 0 Å². The molecule has 9 heteroatoms. The first-order chi connectivity index (χ1) is 9.86. The molecule has 21 heavy (non-hydrogen) atoms. The number of benzene rings is 1. The van der Waals surface area contributed by atoms with Crippen LogP contribution in [0.15, 0.2) is 29.4 Å². The van der Waals surface area contributed by atoms with Gasteiger partial charge in [0.2, 0.25) is 10.0 Å². The van der Waals surface area contributed by atoms with Gasteiger partial charge in [-0.1, -0.05) is 30.1 Å². The average Bonchev–Trinajstić information content (AvgIpc) is 2.96. The Bertz CT molecular complexity index is 732. The van der Waals surface area contributed by atoms with Gasteiger partial charge in [0.1, 0.15) is 10.7 Å². The van der Waals surface area contributed by atoms with Gasteiger partial charge >= 0.3 is 0 Å². The first kappa shape index (κ1) is 16.1. The van der Waals surface area contributed by atoms with Gasteiger partial charge in [0.05, 0.1) is 21.8 Å². The third-order valence-electron chi connectivity index (χ3n) is 2.94. The standard InChI is InChI=1S/C12H14Cl2N4O2S/c1-2-8(12-16-5-6-17-12)18-21(19,20)9-4-3-7(13)11(15)10(9)14/h3-6,8,18H,2,15H2,1H3,(H,16,17). The van der Waals surface area contributed by atoms with Crippen LogP contribution in [-0.4, -0.2) is 18.4 Å². The summed E-state index contributed by atoms with van der Waals surface area (Å²) < 4.78 is 27.4. The van der Waals surface area contributed by atoms with E-state index in [2.05, 4.69) is 14.7 Å². The second kappa shape index (κ2) is 6.23. The van der Waals surface area contributed by atoms with Crippen LogP contribution in [0.5, 0.6) is 0 Å². The fourth-order valence-corrected chi connectivity index (χ4v) is 3.86. The topological polar surface area (TPSA) is 101 Å². The van der Waals surface area contributed by atoms with Crippen LogP contribution < -0.4 is 10.5 Å². The molecule has 1 unspecified atom stereocenters. The second-order valence-electron chi connectivity index (χ2n) is 4.33. The van der Waals surface area contributed by atoms with E-state index in [4.69, 9.17) is 28.9 Å². The van der Waals surface area contributed by atoms with Gasteiger partial charge in [0.15, 0.2) is 0 Å². The summed E-state index contributed by atoms with van der Waals surface area (Å²) in [6, 6.07) is 2.22. The number of H-pyrrole nitrogens is 1. The Balaban J connectivity index is 2.37. The molecular weight excluding hydrogens is 335 g/mol. The van der Waals surface area contributed by atoms with E-state index in [9.17, 15) is 8.42 Å². The summed E-state index contributed by atoms with van der Waals surface area (Å²) in [5.74, 6) is 0.527. The highest BCUT2D eigenvalue weighted by Gasteiger charge is 2.25. The molecule has 0 saturated carbocycles. The van der Waals surface area contributed by atoms with Crippen molar-refractivity contribution >= 4 is 38.9 Å². The summed E-state index contributed by atoms with van der Waals surface area (Å²) in [5, 5.41) is 0.112. The van der Waals surface area contributed by atoms with Crippen molar-refractivity contribution in [1.82, 2.24) is 14.7 Å². The van der Waals surface area contributed by atoms with E-state index in [1.807, 2.05) is 6.92 Å². The lowest BCUT2D eigenvalue weighted by Crippen LogP contribution is -2.29. The number of imidazole rings is 1. The van der Waals surface area contributed by atoms with Crippen molar-refractivity contribution in [2.45, 2.75) is 24.3 Å². The van der Waals surface area contributed by atoms with Crippen LogP contribution in [0.25, 0.3) is 0 Å². The summed E-state index contributed by atoms with van der Waals surface area (Å²) in [5.41, 5.74) is 5.70. The van der Waals surface area contributed by atoms with Crippen LogP contribution in [0.2, 0.25) is 10.0 Å². The van der Waals surface area contributed by atoms with Crippen molar-refractivity contribution < 1.29 is 8.42 Å². The molecule has 6 nitrogen and oxygen atoms in total. The molecule has 1 aromatic heterocycles. The van der Waals surface area contributed by atoms with Crippen molar-refractivity contribution in [2.75, 3.05) is 5.73 Å². The Kier molecular flexibility index (Phi) is 4.77. The SMILES string of the molecule is CCC(NS(=O)(=O)c1ccc(Cl)c(N)c1Cl)c1ncc[nH]1. The van der Waals surface area contributed by atoms with E-state index in [1.165, 1.54) is 12.1 Å². The van der Waals surface area contributed by atoms with Crippen LogP contribution >= 0.6 is 23.2 Å². The molecule has 0 aliphatic rings. The molecule has 0 spiro atoms. The largest absolute Gasteiger partial charge is 0.396 e. The monoisotopic (exact) mass is 348 g/mol. The molecule has 1 aromatic carbocycles. The maximum absolute atomic E-state index is 12.4. The lowest BCUT2D eigenvalue weighted by Gasteiger charge is -2.16. The smallest absolute Gasteiger partial charge is 0.242 e. The van der Waals surface area contributed by atoms with Crippen molar-refractivity contribution in [3.05, 3.63) is 40.4 Å².